The third kappa shape index (κ3) is 3.10. The number of hydrogen-bond acceptors (Lipinski definition) is 6. The first-order valence-corrected chi connectivity index (χ1v) is 8.09. The largest absolute Gasteiger partial charge is 0.355 e. The molecule has 3 heterocycles. The van der Waals surface area contributed by atoms with Gasteiger partial charge in [0.1, 0.15) is 30.6 Å². The van der Waals surface area contributed by atoms with Gasteiger partial charge in [-0.05, 0) is 24.6 Å². The highest BCUT2D eigenvalue weighted by molar-refractivity contribution is 5.94. The lowest BCUT2D eigenvalue weighted by Crippen LogP contribution is -2.52. The van der Waals surface area contributed by atoms with Crippen molar-refractivity contribution >= 4 is 17.4 Å². The predicted molar refractivity (Wildman–Crippen MR) is 92.4 cm³/mol. The highest BCUT2D eigenvalue weighted by Gasteiger charge is 2.33. The van der Waals surface area contributed by atoms with E-state index in [-0.39, 0.29) is 17.6 Å². The molecule has 2 aromatic heterocycles. The highest BCUT2D eigenvalue weighted by Crippen LogP contribution is 2.25. The van der Waals surface area contributed by atoms with Gasteiger partial charge in [0.25, 0.3) is 0 Å². The molecule has 0 bridgehead atoms. The Labute approximate surface area is 148 Å². The molecule has 0 radical (unpaired) electrons. The molecule has 0 spiro atoms. The zero-order valence-electron chi connectivity index (χ0n) is 14.0. The number of anilines is 2. The Bertz CT molecular complexity index is 938. The Kier molecular flexibility index (Phi) is 4.04. The van der Waals surface area contributed by atoms with Gasteiger partial charge in [-0.3, -0.25) is 4.79 Å². The molecule has 0 aliphatic carbocycles. The van der Waals surface area contributed by atoms with E-state index in [2.05, 4.69) is 25.4 Å². The molecule has 132 valence electrons. The molecule has 1 aliphatic rings. The quantitative estimate of drug-likeness (QED) is 0.766. The summed E-state index contributed by atoms with van der Waals surface area (Å²) >= 11 is 0. The van der Waals surface area contributed by atoms with Crippen LogP contribution in [-0.4, -0.2) is 43.7 Å². The number of benzene rings is 1. The molecule has 0 saturated carbocycles. The molecule has 3 aromatic rings. The smallest absolute Gasteiger partial charge is 0.231 e. The Morgan fingerprint density at radius 3 is 2.73 bits per heavy atom. The fourth-order valence-electron chi connectivity index (χ4n) is 2.71. The van der Waals surface area contributed by atoms with E-state index in [1.54, 1.807) is 36.1 Å². The van der Waals surface area contributed by atoms with Crippen LogP contribution in [0.3, 0.4) is 0 Å². The number of carbonyl (C=O) groups excluding carboxylic acids is 1. The van der Waals surface area contributed by atoms with Crippen molar-refractivity contribution < 1.29 is 9.18 Å². The first kappa shape index (κ1) is 16.1. The summed E-state index contributed by atoms with van der Waals surface area (Å²) in [5.74, 6) is 0.685. The van der Waals surface area contributed by atoms with Crippen LogP contribution < -0.4 is 10.2 Å². The number of hydrogen-bond donors (Lipinski definition) is 1. The van der Waals surface area contributed by atoms with Crippen LogP contribution in [0.5, 0.6) is 0 Å². The normalized spacial score (nSPS) is 14.2. The fourth-order valence-corrected chi connectivity index (χ4v) is 2.71. The highest BCUT2D eigenvalue weighted by atomic mass is 19.1. The summed E-state index contributed by atoms with van der Waals surface area (Å²) in [4.78, 5) is 26.6. The van der Waals surface area contributed by atoms with Gasteiger partial charge >= 0.3 is 0 Å². The van der Waals surface area contributed by atoms with Crippen molar-refractivity contribution in [1.82, 2.24) is 24.7 Å². The second-order valence-corrected chi connectivity index (χ2v) is 6.13. The third-order valence-corrected chi connectivity index (χ3v) is 4.31. The molecule has 1 amide bonds. The van der Waals surface area contributed by atoms with Gasteiger partial charge in [-0.25, -0.2) is 24.0 Å². The summed E-state index contributed by atoms with van der Waals surface area (Å²) in [5.41, 5.74) is 1.01. The van der Waals surface area contributed by atoms with Gasteiger partial charge in [0.15, 0.2) is 5.82 Å². The molecule has 1 saturated heterocycles. The lowest BCUT2D eigenvalue weighted by atomic mass is 9.99. The van der Waals surface area contributed by atoms with Gasteiger partial charge in [-0.1, -0.05) is 6.07 Å². The molecule has 9 heteroatoms. The van der Waals surface area contributed by atoms with Gasteiger partial charge in [-0.2, -0.15) is 5.10 Å². The number of aromatic nitrogens is 5. The minimum Gasteiger partial charge on any atom is -0.355 e. The second-order valence-electron chi connectivity index (χ2n) is 6.13. The van der Waals surface area contributed by atoms with Crippen molar-refractivity contribution in [1.29, 1.82) is 0 Å². The van der Waals surface area contributed by atoms with Crippen LogP contribution in [-0.2, 0) is 4.79 Å². The van der Waals surface area contributed by atoms with Crippen LogP contribution in [0.1, 0.15) is 5.56 Å². The van der Waals surface area contributed by atoms with Gasteiger partial charge in [0.2, 0.25) is 5.91 Å². The number of carbonyl (C=O) groups is 1. The second kappa shape index (κ2) is 6.51. The molecule has 4 rings (SSSR count). The minimum absolute atomic E-state index is 0.130. The van der Waals surface area contributed by atoms with Crippen molar-refractivity contribution in [3.05, 3.63) is 54.6 Å². The third-order valence-electron chi connectivity index (χ3n) is 4.31. The van der Waals surface area contributed by atoms with Crippen LogP contribution in [0.15, 0.2) is 43.2 Å². The van der Waals surface area contributed by atoms with Crippen molar-refractivity contribution in [2.24, 2.45) is 5.92 Å². The molecule has 0 unspecified atom stereocenters. The number of amides is 1. The monoisotopic (exact) mass is 353 g/mol. The molecular weight excluding hydrogens is 337 g/mol. The summed E-state index contributed by atoms with van der Waals surface area (Å²) in [7, 11) is 0. The summed E-state index contributed by atoms with van der Waals surface area (Å²) in [5, 5.41) is 6.79. The van der Waals surface area contributed by atoms with Crippen LogP contribution in [0.4, 0.5) is 15.9 Å². The van der Waals surface area contributed by atoms with Crippen LogP contribution >= 0.6 is 0 Å². The zero-order valence-corrected chi connectivity index (χ0v) is 14.0. The van der Waals surface area contributed by atoms with Crippen molar-refractivity contribution in [3.8, 4) is 5.82 Å². The lowest BCUT2D eigenvalue weighted by Gasteiger charge is -2.39. The van der Waals surface area contributed by atoms with Crippen molar-refractivity contribution in [2.75, 3.05) is 23.3 Å². The Balaban J connectivity index is 1.38. The van der Waals surface area contributed by atoms with Gasteiger partial charge in [-0.15, -0.1) is 0 Å². The van der Waals surface area contributed by atoms with E-state index in [0.717, 1.165) is 5.82 Å². The number of nitrogens with zero attached hydrogens (tertiary/aromatic N) is 6. The topological polar surface area (TPSA) is 88.8 Å². The lowest BCUT2D eigenvalue weighted by molar-refractivity contribution is -0.120. The van der Waals surface area contributed by atoms with E-state index < -0.39 is 0 Å². The summed E-state index contributed by atoms with van der Waals surface area (Å²) in [6.07, 6.45) is 4.44. The van der Waals surface area contributed by atoms with Crippen LogP contribution in [0.25, 0.3) is 5.82 Å². The van der Waals surface area contributed by atoms with Gasteiger partial charge in [0.05, 0.1) is 5.92 Å². The molecular formula is C17H16FN7O. The molecule has 26 heavy (non-hydrogen) atoms. The fraction of sp³-hybridized carbons (Fsp3) is 0.235. The average molecular weight is 353 g/mol. The summed E-state index contributed by atoms with van der Waals surface area (Å²) < 4.78 is 15.1. The number of rotatable bonds is 4. The summed E-state index contributed by atoms with van der Waals surface area (Å²) in [6.45, 7) is 2.75. The van der Waals surface area contributed by atoms with Gasteiger partial charge < -0.3 is 10.2 Å². The van der Waals surface area contributed by atoms with E-state index >= 15 is 0 Å². The molecule has 1 N–H and O–H groups in total. The maximum absolute atomic E-state index is 13.6. The molecule has 0 atom stereocenters. The minimum atomic E-state index is -0.334. The average Bonchev–Trinajstić information content (AvgIpc) is 3.12. The summed E-state index contributed by atoms with van der Waals surface area (Å²) in [6, 6.07) is 6.46. The maximum atomic E-state index is 13.6. The molecule has 1 fully saturated rings. The van der Waals surface area contributed by atoms with E-state index in [4.69, 9.17) is 0 Å². The first-order valence-electron chi connectivity index (χ1n) is 8.09. The first-order chi connectivity index (χ1) is 12.6. The Hall–Kier alpha value is -3.36. The molecule has 1 aromatic carbocycles. The Morgan fingerprint density at radius 2 is 2.00 bits per heavy atom. The Morgan fingerprint density at radius 1 is 1.19 bits per heavy atom. The van der Waals surface area contributed by atoms with E-state index in [1.807, 2.05) is 4.90 Å². The van der Waals surface area contributed by atoms with Crippen LogP contribution in [0.2, 0.25) is 0 Å². The number of halogens is 1. The van der Waals surface area contributed by atoms with E-state index in [1.165, 1.54) is 18.7 Å². The molecule has 8 nitrogen and oxygen atoms in total. The van der Waals surface area contributed by atoms with Gasteiger partial charge in [0, 0.05) is 24.8 Å². The van der Waals surface area contributed by atoms with Crippen molar-refractivity contribution in [2.45, 2.75) is 6.92 Å². The standard InChI is InChI=1S/C17H16FN7O/c1-11-2-3-13(4-14(11)18)23-17(26)12-6-24(7-12)15-5-16(21-9-20-15)25-10-19-8-22-25/h2-5,8-10,12H,6-7H2,1H3,(H,23,26). The predicted octanol–water partition coefficient (Wildman–Crippen LogP) is 1.58. The maximum Gasteiger partial charge on any atom is 0.231 e. The van der Waals surface area contributed by atoms with Crippen LogP contribution in [0, 0.1) is 18.7 Å². The SMILES string of the molecule is Cc1ccc(NC(=O)C2CN(c3cc(-n4cncn4)ncn3)C2)cc1F. The van der Waals surface area contributed by atoms with Crippen molar-refractivity contribution in [3.63, 3.8) is 0 Å². The number of nitrogens with one attached hydrogen (secondary N) is 1. The zero-order chi connectivity index (χ0) is 18.1. The number of aryl methyl sites for hydroxylation is 1. The van der Waals surface area contributed by atoms with E-state index in [0.29, 0.717) is 30.2 Å². The molecule has 1 aliphatic heterocycles. The van der Waals surface area contributed by atoms with E-state index in [9.17, 15) is 9.18 Å².